The summed E-state index contributed by atoms with van der Waals surface area (Å²) >= 11 is 0. The second-order valence-electron chi connectivity index (χ2n) is 3.61. The fourth-order valence-corrected chi connectivity index (χ4v) is 1.32. The zero-order valence-corrected chi connectivity index (χ0v) is 9.65. The van der Waals surface area contributed by atoms with Crippen LogP contribution in [0.1, 0.15) is 23.1 Å². The Morgan fingerprint density at radius 1 is 1.27 bits per heavy atom. The molecule has 0 unspecified atom stereocenters. The van der Waals surface area contributed by atoms with Gasteiger partial charge >= 0.3 is 0 Å². The molecule has 0 aromatic heterocycles. The molecule has 0 aliphatic carbocycles. The summed E-state index contributed by atoms with van der Waals surface area (Å²) in [4.78, 5) is 0. The van der Waals surface area contributed by atoms with Gasteiger partial charge in [-0.3, -0.25) is 0 Å². The van der Waals surface area contributed by atoms with E-state index in [1.807, 2.05) is 26.1 Å². The average Bonchev–Trinajstić information content (AvgIpc) is 2.24. The van der Waals surface area contributed by atoms with Crippen molar-refractivity contribution in [2.75, 3.05) is 19.3 Å². The van der Waals surface area contributed by atoms with E-state index in [0.717, 1.165) is 29.8 Å². The summed E-state index contributed by atoms with van der Waals surface area (Å²) in [7, 11) is 1.93. The Labute approximate surface area is 91.9 Å². The van der Waals surface area contributed by atoms with E-state index in [1.165, 1.54) is 5.56 Å². The smallest absolute Gasteiger partial charge is 0.0347 e. The second-order valence-corrected chi connectivity index (χ2v) is 3.61. The Hall–Kier alpha value is -1.46. The van der Waals surface area contributed by atoms with E-state index in [1.54, 1.807) is 0 Å². The van der Waals surface area contributed by atoms with Gasteiger partial charge in [0.05, 0.1) is 0 Å². The highest BCUT2D eigenvalue weighted by Crippen LogP contribution is 2.18. The predicted octanol–water partition coefficient (Wildman–Crippen LogP) is 1.85. The highest BCUT2D eigenvalue weighted by Gasteiger charge is 2.00. The van der Waals surface area contributed by atoms with Gasteiger partial charge in [0.1, 0.15) is 0 Å². The van der Waals surface area contributed by atoms with Crippen LogP contribution in [-0.4, -0.2) is 13.6 Å². The Morgan fingerprint density at radius 2 is 2.00 bits per heavy atom. The van der Waals surface area contributed by atoms with E-state index in [4.69, 9.17) is 5.73 Å². The molecule has 0 aliphatic rings. The maximum absolute atomic E-state index is 5.81. The molecule has 1 aromatic carbocycles. The molecule has 3 N–H and O–H groups in total. The molecule has 0 saturated carbocycles. The fourth-order valence-electron chi connectivity index (χ4n) is 1.32. The van der Waals surface area contributed by atoms with Crippen LogP contribution >= 0.6 is 0 Å². The van der Waals surface area contributed by atoms with Gasteiger partial charge in [0.2, 0.25) is 0 Å². The van der Waals surface area contributed by atoms with Crippen molar-refractivity contribution in [2.24, 2.45) is 0 Å². The molecule has 0 fully saturated rings. The second kappa shape index (κ2) is 5.43. The molecule has 0 heterocycles. The Morgan fingerprint density at radius 3 is 2.67 bits per heavy atom. The number of nitrogen functional groups attached to an aromatic ring is 1. The van der Waals surface area contributed by atoms with Gasteiger partial charge in [0, 0.05) is 24.2 Å². The largest absolute Gasteiger partial charge is 0.399 e. The molecule has 0 amide bonds. The van der Waals surface area contributed by atoms with Crippen LogP contribution < -0.4 is 11.1 Å². The van der Waals surface area contributed by atoms with Gasteiger partial charge in [-0.1, -0.05) is 11.8 Å². The van der Waals surface area contributed by atoms with Crippen LogP contribution in [0.3, 0.4) is 0 Å². The summed E-state index contributed by atoms with van der Waals surface area (Å²) in [5.74, 6) is 6.31. The zero-order chi connectivity index (χ0) is 11.3. The first-order valence-electron chi connectivity index (χ1n) is 5.16. The monoisotopic (exact) mass is 202 g/mol. The molecule has 1 rings (SSSR count). The first-order chi connectivity index (χ1) is 7.16. The van der Waals surface area contributed by atoms with Crippen molar-refractivity contribution in [2.45, 2.75) is 20.3 Å². The maximum atomic E-state index is 5.81. The van der Waals surface area contributed by atoms with E-state index in [9.17, 15) is 0 Å². The standard InChI is InChI=1S/C13H18N2/c1-10-11(2)13(14)8-7-12(10)6-4-5-9-15-3/h7-8,15H,5,9,14H2,1-3H3. The highest BCUT2D eigenvalue weighted by molar-refractivity contribution is 5.56. The van der Waals surface area contributed by atoms with E-state index in [0.29, 0.717) is 0 Å². The third-order valence-corrected chi connectivity index (χ3v) is 2.55. The molecule has 0 atom stereocenters. The van der Waals surface area contributed by atoms with Gasteiger partial charge in [-0.2, -0.15) is 0 Å². The van der Waals surface area contributed by atoms with E-state index in [-0.39, 0.29) is 0 Å². The Bertz CT molecular complexity index is 397. The van der Waals surface area contributed by atoms with Crippen molar-refractivity contribution >= 4 is 5.69 Å². The third-order valence-electron chi connectivity index (χ3n) is 2.55. The van der Waals surface area contributed by atoms with Gasteiger partial charge in [-0.25, -0.2) is 0 Å². The Kier molecular flexibility index (Phi) is 4.20. The minimum absolute atomic E-state index is 0.841. The van der Waals surface area contributed by atoms with Gasteiger partial charge in [-0.15, -0.1) is 0 Å². The lowest BCUT2D eigenvalue weighted by molar-refractivity contribution is 0.818. The SMILES string of the molecule is CNCCC#Cc1ccc(N)c(C)c1C. The molecule has 1 aromatic rings. The van der Waals surface area contributed by atoms with Gasteiger partial charge in [-0.05, 0) is 44.2 Å². The lowest BCUT2D eigenvalue weighted by Crippen LogP contribution is -2.05. The van der Waals surface area contributed by atoms with Crippen molar-refractivity contribution in [3.63, 3.8) is 0 Å². The molecule has 0 saturated heterocycles. The summed E-state index contributed by atoms with van der Waals surface area (Å²) < 4.78 is 0. The normalized spacial score (nSPS) is 9.53. The molecule has 15 heavy (non-hydrogen) atoms. The van der Waals surface area contributed by atoms with E-state index >= 15 is 0 Å². The van der Waals surface area contributed by atoms with Crippen molar-refractivity contribution in [3.8, 4) is 11.8 Å². The number of anilines is 1. The van der Waals surface area contributed by atoms with Gasteiger partial charge in [0.15, 0.2) is 0 Å². The lowest BCUT2D eigenvalue weighted by Gasteiger charge is -2.05. The van der Waals surface area contributed by atoms with Crippen LogP contribution in [0.4, 0.5) is 5.69 Å². The third kappa shape index (κ3) is 3.00. The molecular formula is C13H18N2. The van der Waals surface area contributed by atoms with Crippen LogP contribution in [0.25, 0.3) is 0 Å². The molecule has 0 bridgehead atoms. The Balaban J connectivity index is 2.85. The highest BCUT2D eigenvalue weighted by atomic mass is 14.8. The van der Waals surface area contributed by atoms with Crippen LogP contribution in [0.2, 0.25) is 0 Å². The van der Waals surface area contributed by atoms with E-state index < -0.39 is 0 Å². The molecule has 2 nitrogen and oxygen atoms in total. The van der Waals surface area contributed by atoms with Crippen LogP contribution in [-0.2, 0) is 0 Å². The summed E-state index contributed by atoms with van der Waals surface area (Å²) in [6.07, 6.45) is 0.874. The van der Waals surface area contributed by atoms with Crippen molar-refractivity contribution < 1.29 is 0 Å². The van der Waals surface area contributed by atoms with E-state index in [2.05, 4.69) is 24.1 Å². The summed E-state index contributed by atoms with van der Waals surface area (Å²) in [5, 5.41) is 3.07. The molecule has 80 valence electrons. The molecule has 0 radical (unpaired) electrons. The van der Waals surface area contributed by atoms with Gasteiger partial charge in [0.25, 0.3) is 0 Å². The van der Waals surface area contributed by atoms with Crippen LogP contribution in [0, 0.1) is 25.7 Å². The topological polar surface area (TPSA) is 38.0 Å². The number of nitrogens with two attached hydrogens (primary N) is 1. The summed E-state index contributed by atoms with van der Waals surface area (Å²) in [6.45, 7) is 5.03. The minimum Gasteiger partial charge on any atom is -0.399 e. The summed E-state index contributed by atoms with van der Waals surface area (Å²) in [6, 6.07) is 3.91. The molecule has 0 spiro atoms. The van der Waals surface area contributed by atoms with Crippen molar-refractivity contribution in [1.29, 1.82) is 0 Å². The molecular weight excluding hydrogens is 184 g/mol. The number of nitrogens with one attached hydrogen (secondary N) is 1. The average molecular weight is 202 g/mol. The lowest BCUT2D eigenvalue weighted by atomic mass is 10.0. The first-order valence-corrected chi connectivity index (χ1v) is 5.16. The zero-order valence-electron chi connectivity index (χ0n) is 9.65. The van der Waals surface area contributed by atoms with Crippen LogP contribution in [0.15, 0.2) is 12.1 Å². The maximum Gasteiger partial charge on any atom is 0.0347 e. The molecule has 2 heteroatoms. The van der Waals surface area contributed by atoms with Crippen LogP contribution in [0.5, 0.6) is 0 Å². The van der Waals surface area contributed by atoms with Crippen molar-refractivity contribution in [1.82, 2.24) is 5.32 Å². The van der Waals surface area contributed by atoms with Gasteiger partial charge < -0.3 is 11.1 Å². The number of hydrogen-bond acceptors (Lipinski definition) is 2. The fraction of sp³-hybridized carbons (Fsp3) is 0.385. The predicted molar refractivity (Wildman–Crippen MR) is 65.8 cm³/mol. The number of hydrogen-bond donors (Lipinski definition) is 2. The quantitative estimate of drug-likeness (QED) is 0.436. The van der Waals surface area contributed by atoms with Crippen molar-refractivity contribution in [3.05, 3.63) is 28.8 Å². The minimum atomic E-state index is 0.841. The first kappa shape index (κ1) is 11.6. The number of benzene rings is 1. The summed E-state index contributed by atoms with van der Waals surface area (Å²) in [5.41, 5.74) is 10.1. The number of rotatable bonds is 2. The molecule has 0 aliphatic heterocycles.